The van der Waals surface area contributed by atoms with E-state index in [-0.39, 0.29) is 47.2 Å². The first-order valence-corrected chi connectivity index (χ1v) is 27.7. The highest BCUT2D eigenvalue weighted by molar-refractivity contribution is 7.13. The number of pyridine rings is 1. The van der Waals surface area contributed by atoms with Crippen molar-refractivity contribution in [1.82, 2.24) is 45.5 Å². The highest BCUT2D eigenvalue weighted by Gasteiger charge is 2.39. The van der Waals surface area contributed by atoms with Crippen LogP contribution >= 0.6 is 11.3 Å². The number of likely N-dealkylation sites (tertiary alicyclic amines) is 2. The van der Waals surface area contributed by atoms with E-state index in [1.54, 1.807) is 34.6 Å². The summed E-state index contributed by atoms with van der Waals surface area (Å²) in [6.07, 6.45) is 8.21. The van der Waals surface area contributed by atoms with Gasteiger partial charge in [0.05, 0.1) is 33.9 Å². The lowest BCUT2D eigenvalue weighted by atomic mass is 9.79. The van der Waals surface area contributed by atoms with Crippen molar-refractivity contribution in [3.8, 4) is 33.5 Å². The van der Waals surface area contributed by atoms with Crippen molar-refractivity contribution >= 4 is 56.5 Å². The zero-order valence-electron chi connectivity index (χ0n) is 42.8. The number of nitrogens with one attached hydrogen (secondary N) is 2. The molecule has 2 amide bonds. The van der Waals surface area contributed by atoms with E-state index in [0.29, 0.717) is 72.6 Å². The fourth-order valence-corrected chi connectivity index (χ4v) is 13.2. The highest BCUT2D eigenvalue weighted by atomic mass is 32.1. The van der Waals surface area contributed by atoms with Crippen molar-refractivity contribution in [3.05, 3.63) is 101 Å². The Bertz CT molecular complexity index is 3230. The van der Waals surface area contributed by atoms with E-state index < -0.39 is 11.9 Å². The lowest BCUT2D eigenvalue weighted by Gasteiger charge is -2.46. The van der Waals surface area contributed by atoms with Crippen LogP contribution in [0.25, 0.3) is 43.4 Å². The summed E-state index contributed by atoms with van der Waals surface area (Å²) in [5, 5.41) is 24.2. The van der Waals surface area contributed by atoms with Gasteiger partial charge >= 0.3 is 6.01 Å². The number of aromatic nitrogens is 5. The van der Waals surface area contributed by atoms with Crippen molar-refractivity contribution in [2.24, 2.45) is 11.8 Å². The highest BCUT2D eigenvalue weighted by Crippen LogP contribution is 2.40. The number of phenols is 1. The molecule has 5 aliphatic rings. The number of carbonyl (C=O) groups excluding carboxylic acids is 2. The molecule has 12 rings (SSSR count). The fourth-order valence-electron chi connectivity index (χ4n) is 12.4. The van der Waals surface area contributed by atoms with Crippen LogP contribution in [0.4, 0.5) is 16.0 Å². The number of hydrogen-bond donors (Lipinski definition) is 3. The molecule has 3 N–H and O–H groups in total. The van der Waals surface area contributed by atoms with Crippen LogP contribution in [-0.2, 0) is 22.4 Å². The number of benzene rings is 3. The molecule has 7 aromatic rings. The number of ether oxygens (including phenoxy) is 1. The van der Waals surface area contributed by atoms with Crippen molar-refractivity contribution in [3.63, 3.8) is 0 Å². The second-order valence-electron chi connectivity index (χ2n) is 21.3. The van der Waals surface area contributed by atoms with Crippen LogP contribution in [0, 0.1) is 24.6 Å². The lowest BCUT2D eigenvalue weighted by Crippen LogP contribution is -2.52. The molecule has 9 heterocycles. The van der Waals surface area contributed by atoms with Crippen LogP contribution < -0.4 is 25.2 Å². The summed E-state index contributed by atoms with van der Waals surface area (Å²) in [6, 6.07) is 19.4. The second kappa shape index (κ2) is 20.8. The summed E-state index contributed by atoms with van der Waals surface area (Å²) in [6.45, 7) is 12.8. The number of aromatic hydroxyl groups is 1. The second-order valence-corrected chi connectivity index (χ2v) is 22.2. The topological polar surface area (TPSA) is 178 Å². The van der Waals surface area contributed by atoms with E-state index in [1.165, 1.54) is 0 Å². The Kier molecular flexibility index (Phi) is 13.6. The van der Waals surface area contributed by atoms with E-state index >= 15 is 4.39 Å². The number of anilines is 2. The minimum absolute atomic E-state index is 0.0466. The largest absolute Gasteiger partial charge is 0.508 e. The Labute approximate surface area is 439 Å². The maximum Gasteiger partial charge on any atom is 0.319 e. The Morgan fingerprint density at radius 2 is 1.75 bits per heavy atom. The Balaban J connectivity index is 0.633. The summed E-state index contributed by atoms with van der Waals surface area (Å²) in [5.74, 6) is 2.23. The van der Waals surface area contributed by atoms with Crippen molar-refractivity contribution < 1.29 is 28.3 Å². The molecule has 75 heavy (non-hydrogen) atoms. The van der Waals surface area contributed by atoms with Gasteiger partial charge in [0.25, 0.3) is 0 Å². The molecule has 5 fully saturated rings. The molecule has 2 bridgehead atoms. The first-order valence-electron chi connectivity index (χ1n) is 26.8. The number of halogens is 1. The number of fused-ring (bicyclic) bond motifs is 4. The summed E-state index contributed by atoms with van der Waals surface area (Å²) in [5.41, 5.74) is 6.83. The quantitative estimate of drug-likeness (QED) is 0.0894. The molecule has 0 saturated carbocycles. The normalized spacial score (nSPS) is 20.8. The number of phenolic OH excluding ortho intramolecular Hbond substituents is 1. The van der Waals surface area contributed by atoms with E-state index in [1.807, 2.05) is 55.8 Å². The van der Waals surface area contributed by atoms with Gasteiger partial charge < -0.3 is 39.7 Å². The smallest absolute Gasteiger partial charge is 0.319 e. The van der Waals surface area contributed by atoms with Gasteiger partial charge in [0, 0.05) is 69.2 Å². The maximum absolute atomic E-state index is 17.1. The SMILES string of the molecule is CCc1cccc2cc(O)cc(-c3ncc4c(N5CC6CCC(C5)N6)nc(OCCN5CCC(C6CN(c7cc(CC(=O)N8CCCC8C(=O)NC(C)c8ccc(-c9scnc9C)cc8)on7)C6)CC5)nc4c3F)c12. The third kappa shape index (κ3) is 9.87. The van der Waals surface area contributed by atoms with E-state index in [9.17, 15) is 14.7 Å². The van der Waals surface area contributed by atoms with Crippen LogP contribution in [-0.4, -0.2) is 129 Å². The Morgan fingerprint density at radius 1 is 0.947 bits per heavy atom. The third-order valence-corrected chi connectivity index (χ3v) is 17.5. The third-order valence-electron chi connectivity index (χ3n) is 16.5. The van der Waals surface area contributed by atoms with E-state index in [2.05, 4.69) is 54.5 Å². The number of carbonyl (C=O) groups is 2. The summed E-state index contributed by atoms with van der Waals surface area (Å²) >= 11 is 1.61. The molecule has 0 radical (unpaired) electrons. The van der Waals surface area contributed by atoms with Crippen molar-refractivity contribution in [2.45, 2.75) is 96.3 Å². The van der Waals surface area contributed by atoms with Crippen LogP contribution in [0.1, 0.15) is 81.0 Å². The van der Waals surface area contributed by atoms with Crippen molar-refractivity contribution in [2.75, 3.05) is 68.8 Å². The number of amides is 2. The molecule has 18 heteroatoms. The van der Waals surface area contributed by atoms with Crippen LogP contribution in [0.5, 0.6) is 11.8 Å². The van der Waals surface area contributed by atoms with Gasteiger partial charge in [0.1, 0.15) is 41.2 Å². The number of nitrogens with zero attached hydrogens (tertiary/aromatic N) is 9. The number of piperidine rings is 1. The molecular weight excluding hydrogens is 970 g/mol. The van der Waals surface area contributed by atoms with Crippen LogP contribution in [0.3, 0.4) is 0 Å². The van der Waals surface area contributed by atoms with Gasteiger partial charge in [0.15, 0.2) is 11.6 Å². The van der Waals surface area contributed by atoms with Gasteiger partial charge in [-0.05, 0) is 123 Å². The zero-order chi connectivity index (χ0) is 51.3. The first kappa shape index (κ1) is 49.1. The summed E-state index contributed by atoms with van der Waals surface area (Å²) in [4.78, 5) is 55.6. The monoisotopic (exact) mass is 1030 g/mol. The predicted molar refractivity (Wildman–Crippen MR) is 288 cm³/mol. The molecule has 4 atom stereocenters. The van der Waals surface area contributed by atoms with Gasteiger partial charge in [-0.2, -0.15) is 9.97 Å². The molecule has 5 saturated heterocycles. The van der Waals surface area contributed by atoms with E-state index in [0.717, 1.165) is 122 Å². The average molecular weight is 1030 g/mol. The molecule has 3 aromatic carbocycles. The number of thiazole rings is 1. The fraction of sp³-hybridized carbons (Fsp3) is 0.456. The maximum atomic E-state index is 17.1. The predicted octanol–water partition coefficient (Wildman–Crippen LogP) is 8.25. The van der Waals surface area contributed by atoms with Gasteiger partial charge in [-0.3, -0.25) is 19.5 Å². The summed E-state index contributed by atoms with van der Waals surface area (Å²) in [7, 11) is 0. The first-order chi connectivity index (χ1) is 36.5. The van der Waals surface area contributed by atoms with Crippen molar-refractivity contribution in [1.29, 1.82) is 0 Å². The average Bonchev–Trinajstić information content (AvgIpc) is 4.24. The molecule has 390 valence electrons. The number of rotatable bonds is 15. The zero-order valence-corrected chi connectivity index (χ0v) is 43.6. The Hall–Kier alpha value is -6.76. The molecule has 4 aromatic heterocycles. The lowest BCUT2D eigenvalue weighted by molar-refractivity contribution is -0.138. The van der Waals surface area contributed by atoms with Gasteiger partial charge in [0.2, 0.25) is 11.8 Å². The summed E-state index contributed by atoms with van der Waals surface area (Å²) < 4.78 is 29.1. The van der Waals surface area contributed by atoms with Crippen LogP contribution in [0.15, 0.2) is 76.9 Å². The van der Waals surface area contributed by atoms with Gasteiger partial charge in [-0.1, -0.05) is 54.5 Å². The number of piperazine rings is 1. The number of hydrogen-bond acceptors (Lipinski definition) is 15. The minimum Gasteiger partial charge on any atom is -0.508 e. The minimum atomic E-state index is -0.562. The van der Waals surface area contributed by atoms with Crippen LogP contribution in [0.2, 0.25) is 0 Å². The van der Waals surface area contributed by atoms with Gasteiger partial charge in [-0.25, -0.2) is 9.37 Å². The molecule has 5 aliphatic heterocycles. The molecule has 0 spiro atoms. The van der Waals surface area contributed by atoms with E-state index in [4.69, 9.17) is 24.2 Å². The Morgan fingerprint density at radius 3 is 2.51 bits per heavy atom. The standard InChI is InChI=1S/C57H64FN11O5S/c1-4-35-7-5-8-39-23-43(70)24-45(50(35)39)52-51(58)53-46(27-59-52)55(68-30-41-14-15-42(31-68)62-41)64-57(63-53)73-22-21-66-19-16-37(17-20-66)40-28-67(29-40)48-25-44(74-65-48)26-49(71)69-18-6-9-47(69)56(72)61-33(2)36-10-12-38(13-11-36)54-34(3)60-32-75-54/h5,7-8,10-13,23-25,27,32-33,37,40-42,47,62,70H,4,6,9,14-22,26,28-31H2,1-3H3,(H,61,72). The molecule has 0 aliphatic carbocycles. The molecule has 16 nitrogen and oxygen atoms in total. The molecule has 4 unspecified atom stereocenters. The number of aryl methyl sites for hydroxylation is 2. The molecular formula is C57H64FN11O5S. The van der Waals surface area contributed by atoms with Gasteiger partial charge in [-0.15, -0.1) is 11.3 Å².